The quantitative estimate of drug-likeness (QED) is 0.215. The Morgan fingerprint density at radius 3 is 2.50 bits per heavy atom. The van der Waals surface area contributed by atoms with Crippen molar-refractivity contribution in [3.8, 4) is 5.88 Å². The Kier molecular flexibility index (Phi) is 6.98. The van der Waals surface area contributed by atoms with Crippen LogP contribution in [0.3, 0.4) is 0 Å². The fraction of sp³-hybridized carbons (Fsp3) is 0.696. The predicted octanol–water partition coefficient (Wildman–Crippen LogP) is 4.93. The highest BCUT2D eigenvalue weighted by Gasteiger charge is 2.66. The second kappa shape index (κ2) is 8.81. The monoisotopic (exact) mass is 526 g/mol. The van der Waals surface area contributed by atoms with Gasteiger partial charge < -0.3 is 13.7 Å². The standard InChI is InChI=1S/C23H35BrN2O5Si/c1-9-10-13-29-21-16-19(30-25-21)18(26(5)6)17-14(24)11-12-15(27)23(17,20(16)28)31-32(7,8)22(2,3)4/h11-12,14,17-18H,9-10,13H2,1-8H3/t14-,17+,18+,23-/m1/s1. The van der Waals surface area contributed by atoms with Crippen molar-refractivity contribution >= 4 is 35.8 Å². The maximum Gasteiger partial charge on any atom is 0.265 e. The summed E-state index contributed by atoms with van der Waals surface area (Å²) in [5.74, 6) is -0.673. The number of ether oxygens (including phenoxy) is 1. The lowest BCUT2D eigenvalue weighted by molar-refractivity contribution is -0.134. The van der Waals surface area contributed by atoms with E-state index in [1.165, 1.54) is 6.08 Å². The second-order valence-corrected chi connectivity index (χ2v) is 16.2. The summed E-state index contributed by atoms with van der Waals surface area (Å²) in [6.07, 6.45) is 5.05. The van der Waals surface area contributed by atoms with Gasteiger partial charge in [0, 0.05) is 10.7 Å². The van der Waals surface area contributed by atoms with Crippen molar-refractivity contribution in [3.05, 3.63) is 23.5 Å². The van der Waals surface area contributed by atoms with E-state index in [2.05, 4.69) is 61.9 Å². The Morgan fingerprint density at radius 2 is 1.94 bits per heavy atom. The lowest BCUT2D eigenvalue weighted by atomic mass is 9.65. The average molecular weight is 528 g/mol. The van der Waals surface area contributed by atoms with Crippen LogP contribution in [0.25, 0.3) is 0 Å². The van der Waals surface area contributed by atoms with Crippen LogP contribution < -0.4 is 4.74 Å². The van der Waals surface area contributed by atoms with Gasteiger partial charge in [-0.2, -0.15) is 0 Å². The van der Waals surface area contributed by atoms with E-state index in [1.54, 1.807) is 6.08 Å². The molecule has 0 bridgehead atoms. The summed E-state index contributed by atoms with van der Waals surface area (Å²) >= 11 is 3.72. The van der Waals surface area contributed by atoms with Crippen molar-refractivity contribution in [2.75, 3.05) is 20.7 Å². The molecule has 0 amide bonds. The summed E-state index contributed by atoms with van der Waals surface area (Å²) in [4.78, 5) is 29.6. The highest BCUT2D eigenvalue weighted by molar-refractivity contribution is 9.09. The van der Waals surface area contributed by atoms with E-state index < -0.39 is 31.7 Å². The molecule has 7 nitrogen and oxygen atoms in total. The van der Waals surface area contributed by atoms with Crippen molar-refractivity contribution in [1.29, 1.82) is 0 Å². The van der Waals surface area contributed by atoms with Crippen LogP contribution in [0.2, 0.25) is 18.1 Å². The van der Waals surface area contributed by atoms with Crippen LogP contribution in [-0.4, -0.2) is 61.1 Å². The number of fused-ring (bicyclic) bond motifs is 2. The van der Waals surface area contributed by atoms with Crippen LogP contribution in [-0.2, 0) is 9.22 Å². The van der Waals surface area contributed by atoms with Crippen LogP contribution in [0.1, 0.15) is 62.7 Å². The Bertz CT molecular complexity index is 920. The number of carbonyl (C=O) groups excluding carboxylic acids is 2. The molecule has 178 valence electrons. The maximum absolute atomic E-state index is 14.2. The molecule has 2 aliphatic rings. The van der Waals surface area contributed by atoms with Gasteiger partial charge in [-0.25, -0.2) is 0 Å². The smallest absolute Gasteiger partial charge is 0.265 e. The lowest BCUT2D eigenvalue weighted by Gasteiger charge is -2.53. The number of Topliss-reactive ketones (excluding diaryl/α,β-unsaturated/α-hetero) is 1. The molecule has 0 saturated heterocycles. The predicted molar refractivity (Wildman–Crippen MR) is 129 cm³/mol. The molecule has 0 aliphatic heterocycles. The van der Waals surface area contributed by atoms with Crippen molar-refractivity contribution < 1.29 is 23.3 Å². The number of aromatic nitrogens is 1. The molecule has 2 aliphatic carbocycles. The van der Waals surface area contributed by atoms with Crippen LogP contribution in [0.15, 0.2) is 16.7 Å². The number of rotatable bonds is 7. The molecule has 0 aromatic carbocycles. The topological polar surface area (TPSA) is 81.9 Å². The van der Waals surface area contributed by atoms with Crippen molar-refractivity contribution in [2.24, 2.45) is 5.92 Å². The largest absolute Gasteiger partial charge is 0.475 e. The van der Waals surface area contributed by atoms with Gasteiger partial charge in [-0.05, 0) is 49.9 Å². The third-order valence-corrected chi connectivity index (χ3v) is 12.3. The zero-order chi connectivity index (χ0) is 24.1. The van der Waals surface area contributed by atoms with Crippen molar-refractivity contribution in [1.82, 2.24) is 10.1 Å². The van der Waals surface area contributed by atoms with E-state index in [9.17, 15) is 9.59 Å². The number of unbranched alkanes of at least 4 members (excludes halogenated alkanes) is 1. The molecular weight excluding hydrogens is 492 g/mol. The molecule has 0 N–H and O–H groups in total. The molecule has 4 atom stereocenters. The van der Waals surface area contributed by atoms with E-state index in [0.717, 1.165) is 12.8 Å². The third-order valence-electron chi connectivity index (χ3n) is 6.99. The molecule has 9 heteroatoms. The minimum atomic E-state index is -2.54. The average Bonchev–Trinajstić information content (AvgIpc) is 3.09. The first kappa shape index (κ1) is 25.3. The first-order chi connectivity index (χ1) is 14.8. The number of halogens is 1. The summed E-state index contributed by atoms with van der Waals surface area (Å²) in [6.45, 7) is 12.9. The third kappa shape index (κ3) is 3.95. The normalized spacial score (nSPS) is 28.1. The van der Waals surface area contributed by atoms with Gasteiger partial charge in [-0.3, -0.25) is 14.5 Å². The van der Waals surface area contributed by atoms with Crippen LogP contribution in [0.4, 0.5) is 0 Å². The summed E-state index contributed by atoms with van der Waals surface area (Å²) in [6, 6.07) is -0.401. The zero-order valence-corrected chi connectivity index (χ0v) is 22.9. The summed E-state index contributed by atoms with van der Waals surface area (Å²) in [5.41, 5.74) is -1.43. The van der Waals surface area contributed by atoms with Crippen molar-refractivity contribution in [2.45, 2.75) is 75.1 Å². The molecule has 1 heterocycles. The van der Waals surface area contributed by atoms with E-state index >= 15 is 0 Å². The Balaban J connectivity index is 2.25. The molecular formula is C23H35BrN2O5Si. The molecule has 0 unspecified atom stereocenters. The minimum Gasteiger partial charge on any atom is -0.475 e. The molecule has 1 aromatic rings. The molecule has 0 saturated carbocycles. The number of ketones is 2. The van der Waals surface area contributed by atoms with E-state index in [-0.39, 0.29) is 27.1 Å². The van der Waals surface area contributed by atoms with Gasteiger partial charge >= 0.3 is 0 Å². The Labute approximate surface area is 200 Å². The molecule has 32 heavy (non-hydrogen) atoms. The maximum atomic E-state index is 14.2. The van der Waals surface area contributed by atoms with Gasteiger partial charge in [0.15, 0.2) is 25.5 Å². The highest BCUT2D eigenvalue weighted by Crippen LogP contribution is 2.55. The Hall–Kier alpha value is -1.29. The number of carbonyl (C=O) groups is 2. The van der Waals surface area contributed by atoms with Gasteiger partial charge in [0.25, 0.3) is 5.88 Å². The fourth-order valence-corrected chi connectivity index (χ4v) is 6.46. The minimum absolute atomic E-state index is 0.149. The van der Waals surface area contributed by atoms with E-state index in [1.807, 2.05) is 19.0 Å². The zero-order valence-electron chi connectivity index (χ0n) is 20.3. The fourth-order valence-electron chi connectivity index (χ4n) is 4.21. The van der Waals surface area contributed by atoms with Crippen LogP contribution in [0, 0.1) is 5.92 Å². The van der Waals surface area contributed by atoms with E-state index in [4.69, 9.17) is 13.7 Å². The molecule has 1 aromatic heterocycles. The summed E-state index contributed by atoms with van der Waals surface area (Å²) < 4.78 is 18.4. The lowest BCUT2D eigenvalue weighted by Crippen LogP contribution is -2.67. The molecule has 3 rings (SSSR count). The van der Waals surface area contributed by atoms with Gasteiger partial charge in [-0.15, -0.1) is 0 Å². The van der Waals surface area contributed by atoms with Gasteiger partial charge in [0.1, 0.15) is 5.56 Å². The van der Waals surface area contributed by atoms with E-state index in [0.29, 0.717) is 12.4 Å². The van der Waals surface area contributed by atoms with Gasteiger partial charge in [0.2, 0.25) is 5.78 Å². The van der Waals surface area contributed by atoms with Crippen molar-refractivity contribution in [3.63, 3.8) is 0 Å². The Morgan fingerprint density at radius 1 is 1.28 bits per heavy atom. The number of hydrogen-bond donors (Lipinski definition) is 0. The first-order valence-electron chi connectivity index (χ1n) is 11.2. The van der Waals surface area contributed by atoms with Gasteiger partial charge in [0.05, 0.1) is 12.6 Å². The summed E-state index contributed by atoms with van der Waals surface area (Å²) in [7, 11) is 1.27. The number of alkyl halides is 1. The molecule has 0 radical (unpaired) electrons. The van der Waals surface area contributed by atoms with Crippen LogP contribution >= 0.6 is 15.9 Å². The SMILES string of the molecule is CCCCOc1noc2c1C(=O)[C@@]1(O[Si](C)(C)C(C)(C)C)C(=O)C=C[C@@H](Br)[C@H]1[C@@H]2N(C)C. The molecule has 0 spiro atoms. The number of hydrogen-bond acceptors (Lipinski definition) is 7. The number of allylic oxidation sites excluding steroid dienone is 1. The molecule has 0 fully saturated rings. The highest BCUT2D eigenvalue weighted by atomic mass is 79.9. The number of nitrogens with zero attached hydrogens (tertiary/aromatic N) is 2. The second-order valence-electron chi connectivity index (χ2n) is 10.5. The summed E-state index contributed by atoms with van der Waals surface area (Å²) in [5, 5.41) is 3.91. The van der Waals surface area contributed by atoms with Crippen LogP contribution in [0.5, 0.6) is 5.88 Å². The first-order valence-corrected chi connectivity index (χ1v) is 15.0. The van der Waals surface area contributed by atoms with Gasteiger partial charge in [-0.1, -0.05) is 56.1 Å².